The third kappa shape index (κ3) is 5.79. The summed E-state index contributed by atoms with van der Waals surface area (Å²) in [7, 11) is 0. The molecule has 0 atom stereocenters. The molecule has 174 valence electrons. The molecule has 2 aromatic carbocycles. The van der Waals surface area contributed by atoms with E-state index in [0.717, 1.165) is 43.2 Å². The van der Waals surface area contributed by atoms with Crippen molar-refractivity contribution in [1.82, 2.24) is 15.3 Å². The maximum absolute atomic E-state index is 12.0. The molecule has 0 aliphatic carbocycles. The van der Waals surface area contributed by atoms with E-state index < -0.39 is 0 Å². The van der Waals surface area contributed by atoms with Crippen molar-refractivity contribution in [2.45, 2.75) is 19.9 Å². The summed E-state index contributed by atoms with van der Waals surface area (Å²) in [6.45, 7) is 7.01. The number of carbonyl (C=O) groups is 1. The summed E-state index contributed by atoms with van der Waals surface area (Å²) in [4.78, 5) is 23.2. The molecule has 1 fully saturated rings. The normalized spacial score (nSPS) is 13.3. The fraction of sp³-hybridized carbons (Fsp3) is 0.280. The van der Waals surface area contributed by atoms with Crippen molar-refractivity contribution in [2.24, 2.45) is 0 Å². The SMILES string of the molecule is CC(C)NC(=O)Nc1ccc(-c2ccnc(Nc3ccc(N4CCOCC4)cc3)n2)cc1C#N. The van der Waals surface area contributed by atoms with Crippen molar-refractivity contribution in [1.29, 1.82) is 5.26 Å². The Bertz CT molecular complexity index is 1180. The fourth-order valence-corrected chi connectivity index (χ4v) is 3.61. The Labute approximate surface area is 198 Å². The summed E-state index contributed by atoms with van der Waals surface area (Å²) >= 11 is 0. The Morgan fingerprint density at radius 1 is 1.12 bits per heavy atom. The lowest BCUT2D eigenvalue weighted by atomic mass is 10.1. The highest BCUT2D eigenvalue weighted by atomic mass is 16.5. The minimum Gasteiger partial charge on any atom is -0.378 e. The standard InChI is InChI=1S/C25H27N7O2/c1-17(2)28-25(33)31-22-8-3-18(15-19(22)16-26)23-9-10-27-24(30-23)29-20-4-6-21(7-5-20)32-11-13-34-14-12-32/h3-10,15,17H,11-14H2,1-2H3,(H,27,29,30)(H2,28,31,33). The number of amides is 2. The summed E-state index contributed by atoms with van der Waals surface area (Å²) in [5.41, 5.74) is 4.24. The van der Waals surface area contributed by atoms with Crippen molar-refractivity contribution in [3.8, 4) is 17.3 Å². The summed E-state index contributed by atoms with van der Waals surface area (Å²) in [5.74, 6) is 0.452. The van der Waals surface area contributed by atoms with Crippen LogP contribution in [0.1, 0.15) is 19.4 Å². The van der Waals surface area contributed by atoms with Crippen LogP contribution in [-0.2, 0) is 4.74 Å². The highest BCUT2D eigenvalue weighted by molar-refractivity contribution is 5.91. The average Bonchev–Trinajstić information content (AvgIpc) is 2.85. The third-order valence-corrected chi connectivity index (χ3v) is 5.26. The lowest BCUT2D eigenvalue weighted by molar-refractivity contribution is 0.122. The predicted molar refractivity (Wildman–Crippen MR) is 132 cm³/mol. The molecular weight excluding hydrogens is 430 g/mol. The first-order valence-corrected chi connectivity index (χ1v) is 11.2. The molecule has 1 saturated heterocycles. The van der Waals surface area contributed by atoms with Gasteiger partial charge >= 0.3 is 6.03 Å². The summed E-state index contributed by atoms with van der Waals surface area (Å²) < 4.78 is 5.41. The van der Waals surface area contributed by atoms with Crippen LogP contribution >= 0.6 is 0 Å². The van der Waals surface area contributed by atoms with Crippen LogP contribution in [-0.4, -0.2) is 48.3 Å². The average molecular weight is 458 g/mol. The van der Waals surface area contributed by atoms with Gasteiger partial charge in [-0.2, -0.15) is 5.26 Å². The van der Waals surface area contributed by atoms with E-state index in [0.29, 0.717) is 22.9 Å². The lowest BCUT2D eigenvalue weighted by Crippen LogP contribution is -2.36. The molecule has 3 N–H and O–H groups in total. The number of ether oxygens (including phenoxy) is 1. The Balaban J connectivity index is 1.47. The first-order chi connectivity index (χ1) is 16.5. The third-order valence-electron chi connectivity index (χ3n) is 5.26. The summed E-state index contributed by atoms with van der Waals surface area (Å²) in [6, 6.07) is 16.9. The van der Waals surface area contributed by atoms with Crippen LogP contribution in [0.3, 0.4) is 0 Å². The zero-order valence-corrected chi connectivity index (χ0v) is 19.2. The number of hydrogen-bond donors (Lipinski definition) is 3. The molecule has 0 unspecified atom stereocenters. The van der Waals surface area contributed by atoms with Crippen molar-refractivity contribution in [2.75, 3.05) is 41.8 Å². The maximum Gasteiger partial charge on any atom is 0.319 e. The number of rotatable bonds is 6. The zero-order valence-electron chi connectivity index (χ0n) is 19.2. The largest absolute Gasteiger partial charge is 0.378 e. The van der Waals surface area contributed by atoms with Gasteiger partial charge in [0, 0.05) is 42.3 Å². The van der Waals surface area contributed by atoms with Gasteiger partial charge in [0.1, 0.15) is 6.07 Å². The molecule has 2 amide bonds. The van der Waals surface area contributed by atoms with E-state index in [-0.39, 0.29) is 12.1 Å². The van der Waals surface area contributed by atoms with Crippen molar-refractivity contribution >= 4 is 29.0 Å². The van der Waals surface area contributed by atoms with Crippen molar-refractivity contribution in [3.05, 3.63) is 60.3 Å². The van der Waals surface area contributed by atoms with E-state index in [2.05, 4.69) is 49.0 Å². The number of nitriles is 1. The predicted octanol–water partition coefficient (Wildman–Crippen LogP) is 4.13. The molecular formula is C25H27N7O2. The first kappa shape index (κ1) is 23.0. The maximum atomic E-state index is 12.0. The highest BCUT2D eigenvalue weighted by Gasteiger charge is 2.12. The molecule has 2 heterocycles. The molecule has 3 aromatic rings. The molecule has 0 saturated carbocycles. The minimum absolute atomic E-state index is 0.00711. The van der Waals surface area contributed by atoms with Gasteiger partial charge in [0.2, 0.25) is 5.95 Å². The van der Waals surface area contributed by atoms with Gasteiger partial charge in [-0.1, -0.05) is 6.07 Å². The Hall–Kier alpha value is -4.16. The van der Waals surface area contributed by atoms with E-state index >= 15 is 0 Å². The molecule has 0 bridgehead atoms. The number of hydrogen-bond acceptors (Lipinski definition) is 7. The van der Waals surface area contributed by atoms with Crippen LogP contribution < -0.4 is 20.9 Å². The van der Waals surface area contributed by atoms with Gasteiger partial charge in [-0.25, -0.2) is 14.8 Å². The number of aromatic nitrogens is 2. The van der Waals surface area contributed by atoms with Gasteiger partial charge in [-0.05, 0) is 56.3 Å². The zero-order chi connectivity index (χ0) is 23.9. The Morgan fingerprint density at radius 2 is 1.88 bits per heavy atom. The molecule has 9 nitrogen and oxygen atoms in total. The Kier molecular flexibility index (Phi) is 7.20. The van der Waals surface area contributed by atoms with Gasteiger partial charge in [0.15, 0.2) is 0 Å². The van der Waals surface area contributed by atoms with Crippen LogP contribution in [0.25, 0.3) is 11.3 Å². The van der Waals surface area contributed by atoms with Crippen LogP contribution in [0.4, 0.5) is 27.8 Å². The molecule has 0 spiro atoms. The van der Waals surface area contributed by atoms with Crippen LogP contribution in [0.2, 0.25) is 0 Å². The molecule has 1 aromatic heterocycles. The van der Waals surface area contributed by atoms with Crippen molar-refractivity contribution < 1.29 is 9.53 Å². The molecule has 9 heteroatoms. The van der Waals surface area contributed by atoms with Gasteiger partial charge < -0.3 is 25.6 Å². The molecule has 1 aliphatic heterocycles. The minimum atomic E-state index is -0.354. The van der Waals surface area contributed by atoms with Gasteiger partial charge in [0.25, 0.3) is 0 Å². The second kappa shape index (κ2) is 10.6. The van der Waals surface area contributed by atoms with Gasteiger partial charge in [0.05, 0.1) is 30.2 Å². The van der Waals surface area contributed by atoms with Crippen LogP contribution in [0.5, 0.6) is 0 Å². The quantitative estimate of drug-likeness (QED) is 0.510. The number of carbonyl (C=O) groups excluding carboxylic acids is 1. The summed E-state index contributed by atoms with van der Waals surface area (Å²) in [5, 5.41) is 18.3. The number of nitrogens with zero attached hydrogens (tertiary/aromatic N) is 4. The fourth-order valence-electron chi connectivity index (χ4n) is 3.61. The molecule has 34 heavy (non-hydrogen) atoms. The topological polar surface area (TPSA) is 115 Å². The monoisotopic (exact) mass is 457 g/mol. The smallest absolute Gasteiger partial charge is 0.319 e. The number of nitrogens with one attached hydrogen (secondary N) is 3. The molecule has 4 rings (SSSR count). The van der Waals surface area contributed by atoms with E-state index in [1.54, 1.807) is 24.4 Å². The molecule has 1 aliphatic rings. The van der Waals surface area contributed by atoms with E-state index in [1.807, 2.05) is 32.0 Å². The van der Waals surface area contributed by atoms with E-state index in [1.165, 1.54) is 0 Å². The first-order valence-electron chi connectivity index (χ1n) is 11.2. The lowest BCUT2D eigenvalue weighted by Gasteiger charge is -2.28. The van der Waals surface area contributed by atoms with Gasteiger partial charge in [-0.3, -0.25) is 0 Å². The van der Waals surface area contributed by atoms with Crippen LogP contribution in [0.15, 0.2) is 54.7 Å². The van der Waals surface area contributed by atoms with E-state index in [4.69, 9.17) is 4.74 Å². The number of benzene rings is 2. The Morgan fingerprint density at radius 3 is 2.59 bits per heavy atom. The van der Waals surface area contributed by atoms with Crippen molar-refractivity contribution in [3.63, 3.8) is 0 Å². The van der Waals surface area contributed by atoms with Crippen LogP contribution in [0, 0.1) is 11.3 Å². The number of morpholine rings is 1. The number of urea groups is 1. The number of anilines is 4. The summed E-state index contributed by atoms with van der Waals surface area (Å²) in [6.07, 6.45) is 1.67. The second-order valence-corrected chi connectivity index (χ2v) is 8.16. The highest BCUT2D eigenvalue weighted by Crippen LogP contribution is 2.25. The van der Waals surface area contributed by atoms with E-state index in [9.17, 15) is 10.1 Å². The molecule has 0 radical (unpaired) electrons. The van der Waals surface area contributed by atoms with Gasteiger partial charge in [-0.15, -0.1) is 0 Å². The second-order valence-electron chi connectivity index (χ2n) is 8.16.